The van der Waals surface area contributed by atoms with Gasteiger partial charge in [-0.25, -0.2) is 4.39 Å². The van der Waals surface area contributed by atoms with Gasteiger partial charge in [-0.05, 0) is 92.3 Å². The van der Waals surface area contributed by atoms with Crippen molar-refractivity contribution in [1.29, 1.82) is 0 Å². The summed E-state index contributed by atoms with van der Waals surface area (Å²) in [6, 6.07) is 22.5. The highest BCUT2D eigenvalue weighted by molar-refractivity contribution is 9.10. The van der Waals surface area contributed by atoms with Crippen LogP contribution in [-0.4, -0.2) is 14.7 Å². The Bertz CT molecular complexity index is 1320. The van der Waals surface area contributed by atoms with Gasteiger partial charge in [0.25, 0.3) is 0 Å². The van der Waals surface area contributed by atoms with Gasteiger partial charge in [0.1, 0.15) is 5.82 Å². The number of hydrogen-bond acceptors (Lipinski definition) is 2. The van der Waals surface area contributed by atoms with Gasteiger partial charge in [0.15, 0.2) is 5.11 Å². The molecule has 0 bridgehead atoms. The van der Waals surface area contributed by atoms with Crippen molar-refractivity contribution >= 4 is 38.9 Å². The molecule has 0 spiro atoms. The third kappa shape index (κ3) is 3.96. The molecule has 4 aromatic rings. The smallest absolute Gasteiger partial charge is 0.174 e. The van der Waals surface area contributed by atoms with E-state index in [4.69, 9.17) is 12.2 Å². The lowest BCUT2D eigenvalue weighted by Gasteiger charge is -2.28. The minimum absolute atomic E-state index is 0.148. The second kappa shape index (κ2) is 8.72. The maximum atomic E-state index is 13.7. The first-order valence-corrected chi connectivity index (χ1v) is 11.8. The molecule has 2 atom stereocenters. The number of aryl methyl sites for hydroxylation is 1. The molecule has 1 saturated heterocycles. The van der Waals surface area contributed by atoms with Crippen LogP contribution < -0.4 is 10.2 Å². The molecule has 0 saturated carbocycles. The number of benzene rings is 2. The van der Waals surface area contributed by atoms with Gasteiger partial charge in [-0.3, -0.25) is 4.98 Å². The van der Waals surface area contributed by atoms with E-state index >= 15 is 0 Å². The Morgan fingerprint density at radius 2 is 1.76 bits per heavy atom. The van der Waals surface area contributed by atoms with Crippen LogP contribution in [0, 0.1) is 19.7 Å². The van der Waals surface area contributed by atoms with Crippen molar-refractivity contribution in [3.63, 3.8) is 0 Å². The number of rotatable bonds is 4. The van der Waals surface area contributed by atoms with Gasteiger partial charge < -0.3 is 14.8 Å². The van der Waals surface area contributed by atoms with Crippen molar-refractivity contribution in [2.75, 3.05) is 4.90 Å². The number of thiocarbonyl (C=S) groups is 1. The molecule has 1 aliphatic heterocycles. The van der Waals surface area contributed by atoms with Crippen LogP contribution in [0.4, 0.5) is 10.1 Å². The van der Waals surface area contributed by atoms with E-state index in [9.17, 15) is 4.39 Å². The number of anilines is 1. The lowest BCUT2D eigenvalue weighted by atomic mass is 9.96. The van der Waals surface area contributed by atoms with Gasteiger partial charge in [0, 0.05) is 33.4 Å². The average molecular weight is 521 g/mol. The molecule has 1 fully saturated rings. The highest BCUT2D eigenvalue weighted by Gasteiger charge is 2.42. The summed E-state index contributed by atoms with van der Waals surface area (Å²) < 4.78 is 17.0. The van der Waals surface area contributed by atoms with Crippen molar-refractivity contribution in [3.8, 4) is 5.69 Å². The van der Waals surface area contributed by atoms with E-state index in [0.717, 1.165) is 38.5 Å². The van der Waals surface area contributed by atoms with E-state index in [-0.39, 0.29) is 17.9 Å². The van der Waals surface area contributed by atoms with Crippen LogP contribution in [0.1, 0.15) is 34.7 Å². The molecule has 5 rings (SSSR count). The van der Waals surface area contributed by atoms with Crippen LogP contribution >= 0.6 is 28.1 Å². The molecule has 0 aliphatic carbocycles. The second-order valence-electron chi connectivity index (χ2n) is 8.11. The normalized spacial score (nSPS) is 17.9. The minimum atomic E-state index is -0.275. The molecular formula is C26H22BrFN4S. The lowest BCUT2D eigenvalue weighted by molar-refractivity contribution is 0.565. The predicted octanol–water partition coefficient (Wildman–Crippen LogP) is 6.57. The van der Waals surface area contributed by atoms with Crippen molar-refractivity contribution in [3.05, 3.63) is 112 Å². The van der Waals surface area contributed by atoms with Gasteiger partial charge in [0.05, 0.1) is 17.8 Å². The molecule has 1 aliphatic rings. The maximum Gasteiger partial charge on any atom is 0.174 e. The lowest BCUT2D eigenvalue weighted by Crippen LogP contribution is -2.29. The van der Waals surface area contributed by atoms with Crippen LogP contribution in [0.3, 0.4) is 0 Å². The SMILES string of the molecule is Cc1cc([C@H]2[C@@H](c3ccccn3)NC(=S)N2c2ccc(F)cc2)c(C)n1-c1cccc(Br)c1. The summed E-state index contributed by atoms with van der Waals surface area (Å²) in [5.41, 5.74) is 6.21. The molecule has 0 radical (unpaired) electrons. The number of nitrogens with one attached hydrogen (secondary N) is 1. The number of aromatic nitrogens is 2. The first kappa shape index (κ1) is 21.8. The highest BCUT2D eigenvalue weighted by Crippen LogP contribution is 2.43. The minimum Gasteiger partial charge on any atom is -0.351 e. The predicted molar refractivity (Wildman–Crippen MR) is 137 cm³/mol. The third-order valence-corrected chi connectivity index (χ3v) is 6.87. The average Bonchev–Trinajstić information content (AvgIpc) is 3.30. The van der Waals surface area contributed by atoms with E-state index in [0.29, 0.717) is 5.11 Å². The van der Waals surface area contributed by atoms with Crippen LogP contribution in [0.25, 0.3) is 5.69 Å². The third-order valence-electron chi connectivity index (χ3n) is 6.06. The molecule has 166 valence electrons. The van der Waals surface area contributed by atoms with Gasteiger partial charge in [0.2, 0.25) is 0 Å². The fourth-order valence-electron chi connectivity index (χ4n) is 4.65. The zero-order valence-corrected chi connectivity index (χ0v) is 20.6. The fourth-order valence-corrected chi connectivity index (χ4v) is 5.38. The van der Waals surface area contributed by atoms with Crippen LogP contribution in [0.2, 0.25) is 0 Å². The van der Waals surface area contributed by atoms with E-state index in [2.05, 4.69) is 67.7 Å². The van der Waals surface area contributed by atoms with E-state index in [1.807, 2.05) is 30.3 Å². The maximum absolute atomic E-state index is 13.7. The Kier molecular flexibility index (Phi) is 5.76. The van der Waals surface area contributed by atoms with Crippen LogP contribution in [0.5, 0.6) is 0 Å². The molecule has 33 heavy (non-hydrogen) atoms. The molecule has 7 heteroatoms. The van der Waals surface area contributed by atoms with E-state index in [1.165, 1.54) is 12.1 Å². The van der Waals surface area contributed by atoms with Crippen molar-refractivity contribution < 1.29 is 4.39 Å². The Labute approximate surface area is 206 Å². The summed E-state index contributed by atoms with van der Waals surface area (Å²) in [6.45, 7) is 4.24. The van der Waals surface area contributed by atoms with Crippen molar-refractivity contribution in [1.82, 2.24) is 14.9 Å². The largest absolute Gasteiger partial charge is 0.351 e. The molecule has 0 amide bonds. The van der Waals surface area contributed by atoms with Gasteiger partial charge in [-0.2, -0.15) is 0 Å². The summed E-state index contributed by atoms with van der Waals surface area (Å²) >= 11 is 9.37. The number of hydrogen-bond donors (Lipinski definition) is 1. The summed E-state index contributed by atoms with van der Waals surface area (Å²) in [5.74, 6) is -0.275. The monoisotopic (exact) mass is 520 g/mol. The van der Waals surface area contributed by atoms with Crippen LogP contribution in [0.15, 0.2) is 83.5 Å². The quantitative estimate of drug-likeness (QED) is 0.308. The van der Waals surface area contributed by atoms with Crippen LogP contribution in [-0.2, 0) is 0 Å². The zero-order valence-electron chi connectivity index (χ0n) is 18.2. The first-order chi connectivity index (χ1) is 15.9. The number of nitrogens with zero attached hydrogens (tertiary/aromatic N) is 3. The topological polar surface area (TPSA) is 33.1 Å². The summed E-state index contributed by atoms with van der Waals surface area (Å²) in [7, 11) is 0. The van der Waals surface area contributed by atoms with Gasteiger partial charge in [-0.1, -0.05) is 28.1 Å². The summed E-state index contributed by atoms with van der Waals surface area (Å²) in [4.78, 5) is 6.69. The van der Waals surface area contributed by atoms with Crippen molar-refractivity contribution in [2.45, 2.75) is 25.9 Å². The second-order valence-corrected chi connectivity index (χ2v) is 9.42. The molecule has 4 nitrogen and oxygen atoms in total. The molecule has 2 aromatic carbocycles. The summed E-state index contributed by atoms with van der Waals surface area (Å²) in [6.07, 6.45) is 1.79. The van der Waals surface area contributed by atoms with E-state index < -0.39 is 0 Å². The molecular weight excluding hydrogens is 499 g/mol. The molecule has 2 aromatic heterocycles. The Balaban J connectivity index is 1.68. The fraction of sp³-hybridized carbons (Fsp3) is 0.154. The first-order valence-electron chi connectivity index (χ1n) is 10.6. The molecule has 1 N–H and O–H groups in total. The number of pyridine rings is 1. The highest BCUT2D eigenvalue weighted by atomic mass is 79.9. The standard InChI is InChI=1S/C26H22BrFN4S/c1-16-14-22(17(2)31(16)21-7-5-6-18(27)15-21)25-24(23-8-3-4-13-29-23)30-26(33)32(25)20-11-9-19(28)10-12-20/h3-15,24-25H,1-2H3,(H,30,33)/t24-,25+/m1/s1. The Morgan fingerprint density at radius 3 is 2.45 bits per heavy atom. The van der Waals surface area contributed by atoms with Gasteiger partial charge >= 0.3 is 0 Å². The Morgan fingerprint density at radius 1 is 0.970 bits per heavy atom. The van der Waals surface area contributed by atoms with Crippen molar-refractivity contribution in [2.24, 2.45) is 0 Å². The number of halogens is 2. The van der Waals surface area contributed by atoms with E-state index in [1.54, 1.807) is 18.3 Å². The zero-order chi connectivity index (χ0) is 23.1. The summed E-state index contributed by atoms with van der Waals surface area (Å²) in [5, 5.41) is 4.06. The molecule has 0 unspecified atom stereocenters. The van der Waals surface area contributed by atoms with Gasteiger partial charge in [-0.15, -0.1) is 0 Å². The Hall–Kier alpha value is -3.03. The molecule has 3 heterocycles.